The van der Waals surface area contributed by atoms with Gasteiger partial charge in [-0.3, -0.25) is 14.4 Å². The Morgan fingerprint density at radius 2 is 1.56 bits per heavy atom. The summed E-state index contributed by atoms with van der Waals surface area (Å²) in [4.78, 5) is 37.3. The van der Waals surface area contributed by atoms with E-state index in [1.165, 1.54) is 12.8 Å². The molecule has 6 heteroatoms. The van der Waals surface area contributed by atoms with E-state index in [1.807, 2.05) is 0 Å². The summed E-state index contributed by atoms with van der Waals surface area (Å²) in [5, 5.41) is 12.3. The van der Waals surface area contributed by atoms with E-state index in [-0.39, 0.29) is 62.7 Å². The van der Waals surface area contributed by atoms with Gasteiger partial charge in [-0.15, -0.1) is 0 Å². The van der Waals surface area contributed by atoms with Crippen LogP contribution in [0, 0.1) is 50.2 Å². The van der Waals surface area contributed by atoms with Crippen LogP contribution in [-0.2, 0) is 19.1 Å². The van der Waals surface area contributed by atoms with Crippen LogP contribution in [0.4, 0.5) is 0 Å². The first-order valence-electron chi connectivity index (χ1n) is 17.3. The maximum absolute atomic E-state index is 13.5. The largest absolute Gasteiger partial charge is 0.481 e. The fraction of sp³-hybridized carbons (Fsp3) is 0.865. The zero-order valence-corrected chi connectivity index (χ0v) is 28.4. The number of fused-ring (bicyclic) bond motifs is 7. The third-order valence-electron chi connectivity index (χ3n) is 14.6. The van der Waals surface area contributed by atoms with Crippen LogP contribution in [0.2, 0.25) is 0 Å². The first kappa shape index (κ1) is 32.5. The van der Waals surface area contributed by atoms with Gasteiger partial charge in [0.2, 0.25) is 5.91 Å². The molecule has 6 nitrogen and oxygen atoms in total. The highest BCUT2D eigenvalue weighted by atomic mass is 16.5. The Labute approximate surface area is 260 Å². The predicted molar refractivity (Wildman–Crippen MR) is 169 cm³/mol. The molecule has 2 N–H and O–H groups in total. The van der Waals surface area contributed by atoms with Crippen molar-refractivity contribution in [3.05, 3.63) is 11.6 Å². The van der Waals surface area contributed by atoms with Crippen LogP contribution in [0.5, 0.6) is 0 Å². The van der Waals surface area contributed by atoms with E-state index >= 15 is 0 Å². The molecule has 8 atom stereocenters. The number of rotatable bonds is 7. The van der Waals surface area contributed by atoms with Crippen molar-refractivity contribution in [3.63, 3.8) is 0 Å². The Morgan fingerprint density at radius 3 is 2.23 bits per heavy atom. The molecule has 0 bridgehead atoms. The molecule has 1 amide bonds. The van der Waals surface area contributed by atoms with Crippen LogP contribution in [0.25, 0.3) is 0 Å². The fourth-order valence-corrected chi connectivity index (χ4v) is 11.9. The standard InChI is InChI=1S/C37H59NO5/c1-32(2)19-21-37(31(42)43-8)22-20-35(6)24(25(37)23-32)13-14-27-34(5)17-16-28(38-29(39)11-9-10-12-30(40)41)33(3,4)26(34)15-18-36(27,35)7/h13,25-28H,9-12,14-23H2,1-8H3,(H,38,39)(H,40,41)/t25?,26?,27?,28-,34+,35-,36-,37+/m1/s1. The number of allylic oxidation sites excluding steroid dienone is 2. The van der Waals surface area contributed by atoms with Crippen molar-refractivity contribution in [2.45, 2.75) is 144 Å². The van der Waals surface area contributed by atoms with Crippen LogP contribution in [0.3, 0.4) is 0 Å². The average Bonchev–Trinajstić information content (AvgIpc) is 2.92. The average molecular weight is 598 g/mol. The van der Waals surface area contributed by atoms with Gasteiger partial charge in [0.05, 0.1) is 12.5 Å². The Kier molecular flexibility index (Phi) is 8.25. The summed E-state index contributed by atoms with van der Waals surface area (Å²) in [5.74, 6) is 0.647. The predicted octanol–water partition coefficient (Wildman–Crippen LogP) is 8.09. The number of hydrogen-bond donors (Lipinski definition) is 2. The Bertz CT molecular complexity index is 1170. The zero-order chi connectivity index (χ0) is 31.6. The van der Waals surface area contributed by atoms with Gasteiger partial charge in [0.1, 0.15) is 0 Å². The summed E-state index contributed by atoms with van der Waals surface area (Å²) in [6.45, 7) is 17.3. The van der Waals surface area contributed by atoms with Gasteiger partial charge < -0.3 is 15.2 Å². The SMILES string of the molecule is COC(=O)[C@]12CCC(C)(C)CC1C1=CCC3[C@@]4(C)CC[C@@H](NC(=O)CCCCC(=O)O)C(C)(C)C4CC[C@@]3(C)[C@]1(C)CC2. The molecular weight excluding hydrogens is 538 g/mol. The summed E-state index contributed by atoms with van der Waals surface area (Å²) in [6, 6.07) is 0.145. The van der Waals surface area contributed by atoms with Gasteiger partial charge >= 0.3 is 11.9 Å². The Hall–Kier alpha value is -1.85. The number of aliphatic carboxylic acids is 1. The van der Waals surface area contributed by atoms with E-state index in [0.29, 0.717) is 31.1 Å². The number of carbonyl (C=O) groups is 3. The number of esters is 1. The Morgan fingerprint density at radius 1 is 0.884 bits per heavy atom. The molecule has 4 fully saturated rings. The number of carboxylic acids is 1. The molecule has 4 saturated carbocycles. The molecule has 0 aromatic carbocycles. The molecule has 0 aromatic heterocycles. The maximum Gasteiger partial charge on any atom is 0.312 e. The van der Waals surface area contributed by atoms with E-state index < -0.39 is 5.97 Å². The minimum absolute atomic E-state index is 0.0166. The summed E-state index contributed by atoms with van der Waals surface area (Å²) < 4.78 is 5.53. The molecule has 242 valence electrons. The third-order valence-corrected chi connectivity index (χ3v) is 14.6. The monoisotopic (exact) mass is 597 g/mol. The lowest BCUT2D eigenvalue weighted by atomic mass is 9.33. The van der Waals surface area contributed by atoms with Gasteiger partial charge in [0, 0.05) is 18.9 Å². The summed E-state index contributed by atoms with van der Waals surface area (Å²) in [6.07, 6.45) is 14.9. The van der Waals surface area contributed by atoms with Crippen molar-refractivity contribution in [2.24, 2.45) is 50.2 Å². The number of amides is 1. The van der Waals surface area contributed by atoms with Crippen LogP contribution in [-0.4, -0.2) is 36.1 Å². The summed E-state index contributed by atoms with van der Waals surface area (Å²) in [5.41, 5.74) is 1.84. The van der Waals surface area contributed by atoms with E-state index in [4.69, 9.17) is 9.84 Å². The molecule has 5 rings (SSSR count). The number of nitrogens with one attached hydrogen (secondary N) is 1. The molecule has 0 saturated heterocycles. The quantitative estimate of drug-likeness (QED) is 0.176. The summed E-state index contributed by atoms with van der Waals surface area (Å²) >= 11 is 0. The number of ether oxygens (including phenoxy) is 1. The van der Waals surface area contributed by atoms with Crippen LogP contribution in [0.15, 0.2) is 11.6 Å². The van der Waals surface area contributed by atoms with Crippen molar-refractivity contribution in [1.29, 1.82) is 0 Å². The second kappa shape index (κ2) is 10.9. The first-order valence-corrected chi connectivity index (χ1v) is 17.3. The minimum Gasteiger partial charge on any atom is -0.481 e. The van der Waals surface area contributed by atoms with Gasteiger partial charge in [0.25, 0.3) is 0 Å². The van der Waals surface area contributed by atoms with E-state index in [1.54, 1.807) is 12.7 Å². The van der Waals surface area contributed by atoms with Gasteiger partial charge in [-0.2, -0.15) is 0 Å². The summed E-state index contributed by atoms with van der Waals surface area (Å²) in [7, 11) is 1.58. The smallest absolute Gasteiger partial charge is 0.312 e. The first-order chi connectivity index (χ1) is 20.0. The molecule has 0 radical (unpaired) electrons. The molecular formula is C37H59NO5. The lowest BCUT2D eigenvalue weighted by molar-refractivity contribution is -0.193. The number of unbranched alkanes of at least 4 members (excludes halogenated alkanes) is 1. The molecule has 0 aliphatic heterocycles. The topological polar surface area (TPSA) is 92.7 Å². The van der Waals surface area contributed by atoms with E-state index in [2.05, 4.69) is 59.9 Å². The van der Waals surface area contributed by atoms with Crippen LogP contribution >= 0.6 is 0 Å². The van der Waals surface area contributed by atoms with Gasteiger partial charge in [-0.1, -0.05) is 60.1 Å². The highest BCUT2D eigenvalue weighted by Crippen LogP contribution is 2.75. The molecule has 5 aliphatic rings. The number of carbonyl (C=O) groups excluding carboxylic acids is 2. The normalized spacial score (nSPS) is 42.7. The Balaban J connectivity index is 1.40. The van der Waals surface area contributed by atoms with Crippen molar-refractivity contribution >= 4 is 17.8 Å². The highest BCUT2D eigenvalue weighted by Gasteiger charge is 2.69. The zero-order valence-electron chi connectivity index (χ0n) is 28.4. The van der Waals surface area contributed by atoms with E-state index in [9.17, 15) is 14.4 Å². The second-order valence-corrected chi connectivity index (χ2v) is 17.4. The van der Waals surface area contributed by atoms with Gasteiger partial charge in [0.15, 0.2) is 0 Å². The number of methoxy groups -OCH3 is 1. The minimum atomic E-state index is -0.797. The molecule has 43 heavy (non-hydrogen) atoms. The van der Waals surface area contributed by atoms with Gasteiger partial charge in [-0.05, 0) is 122 Å². The van der Waals surface area contributed by atoms with Crippen molar-refractivity contribution in [1.82, 2.24) is 5.32 Å². The maximum atomic E-state index is 13.5. The second-order valence-electron chi connectivity index (χ2n) is 17.4. The van der Waals surface area contributed by atoms with Crippen LogP contribution < -0.4 is 5.32 Å². The highest BCUT2D eigenvalue weighted by molar-refractivity contribution is 5.78. The fourth-order valence-electron chi connectivity index (χ4n) is 11.9. The molecule has 0 heterocycles. The lowest BCUT2D eigenvalue weighted by Crippen LogP contribution is -2.66. The number of carboxylic acid groups (broad SMARTS) is 1. The van der Waals surface area contributed by atoms with Crippen LogP contribution in [0.1, 0.15) is 138 Å². The molecule has 5 aliphatic carbocycles. The molecule has 3 unspecified atom stereocenters. The molecule has 0 spiro atoms. The van der Waals surface area contributed by atoms with Gasteiger partial charge in [-0.25, -0.2) is 0 Å². The number of hydrogen-bond acceptors (Lipinski definition) is 4. The van der Waals surface area contributed by atoms with Crippen molar-refractivity contribution < 1.29 is 24.2 Å². The van der Waals surface area contributed by atoms with Crippen molar-refractivity contribution in [3.8, 4) is 0 Å². The van der Waals surface area contributed by atoms with E-state index in [0.717, 1.165) is 51.4 Å². The third kappa shape index (κ3) is 5.00. The molecule has 0 aromatic rings. The lowest BCUT2D eigenvalue weighted by Gasteiger charge is -2.71. The van der Waals surface area contributed by atoms with Crippen molar-refractivity contribution in [2.75, 3.05) is 7.11 Å².